The summed E-state index contributed by atoms with van der Waals surface area (Å²) in [5.41, 5.74) is -0.386. The number of imide groups is 1. The fraction of sp³-hybridized carbons (Fsp3) is 0.429. The van der Waals surface area contributed by atoms with Crippen LogP contribution >= 0.6 is 0 Å². The van der Waals surface area contributed by atoms with Gasteiger partial charge in [0.05, 0.1) is 19.8 Å². The van der Waals surface area contributed by atoms with E-state index in [2.05, 4.69) is 5.32 Å². The monoisotopic (exact) mass is 384 g/mol. The predicted molar refractivity (Wildman–Crippen MR) is 104 cm³/mol. The second-order valence-electron chi connectivity index (χ2n) is 7.72. The second kappa shape index (κ2) is 7.50. The summed E-state index contributed by atoms with van der Waals surface area (Å²) < 4.78 is 5.33. The number of rotatable bonds is 5. The minimum Gasteiger partial charge on any atom is -0.385 e. The van der Waals surface area contributed by atoms with E-state index in [1.807, 2.05) is 42.5 Å². The van der Waals surface area contributed by atoms with E-state index < -0.39 is 17.7 Å². The number of fused-ring (bicyclic) bond motifs is 1. The molecule has 0 saturated carbocycles. The van der Waals surface area contributed by atoms with Crippen molar-refractivity contribution in [3.8, 4) is 0 Å². The molecule has 3 amide bonds. The highest BCUT2D eigenvalue weighted by Crippen LogP contribution is 2.33. The molecule has 0 spiro atoms. The third-order valence-electron chi connectivity index (χ3n) is 5.72. The van der Waals surface area contributed by atoms with Gasteiger partial charge in [-0.3, -0.25) is 9.69 Å². The molecule has 0 aromatic heterocycles. The molecule has 2 aromatic rings. The van der Waals surface area contributed by atoms with Crippen LogP contribution in [0.25, 0.3) is 10.8 Å². The van der Waals surface area contributed by atoms with Gasteiger partial charge >= 0.3 is 6.03 Å². The topological polar surface area (TPSA) is 83.3 Å². The molecule has 148 valence electrons. The number of nitrogens with zero attached hydrogens (tertiary/aromatic N) is 1. The number of amides is 3. The molecule has 2 fully saturated rings. The lowest BCUT2D eigenvalue weighted by molar-refractivity contribution is -0.910. The zero-order valence-corrected chi connectivity index (χ0v) is 16.0. The molecule has 0 bridgehead atoms. The number of aliphatic hydroxyl groups excluding tert-OH is 1. The van der Waals surface area contributed by atoms with Crippen LogP contribution in [0.15, 0.2) is 42.5 Å². The summed E-state index contributed by atoms with van der Waals surface area (Å²) in [5.74, 6) is -0.329. The van der Waals surface area contributed by atoms with Crippen LogP contribution in [0, 0.1) is 0 Å². The fourth-order valence-electron chi connectivity index (χ4n) is 4.18. The minimum atomic E-state index is -1.15. The van der Waals surface area contributed by atoms with Gasteiger partial charge in [-0.1, -0.05) is 42.5 Å². The number of carbonyl (C=O) groups excluding carboxylic acids is 2. The molecule has 2 aromatic carbocycles. The molecule has 2 atom stereocenters. The number of hydrogen-bond acceptors (Lipinski definition) is 4. The molecule has 2 saturated heterocycles. The highest BCUT2D eigenvalue weighted by Gasteiger charge is 2.50. The van der Waals surface area contributed by atoms with E-state index in [0.717, 1.165) is 34.3 Å². The highest BCUT2D eigenvalue weighted by atomic mass is 16.5. The van der Waals surface area contributed by atoms with Crippen molar-refractivity contribution in [3.63, 3.8) is 0 Å². The zero-order valence-electron chi connectivity index (χ0n) is 16.0. The lowest BCUT2D eigenvalue weighted by Gasteiger charge is -2.27. The van der Waals surface area contributed by atoms with Crippen molar-refractivity contribution in [3.05, 3.63) is 48.0 Å². The van der Waals surface area contributed by atoms with Gasteiger partial charge in [-0.2, -0.15) is 0 Å². The van der Waals surface area contributed by atoms with Crippen LogP contribution in [0.2, 0.25) is 0 Å². The van der Waals surface area contributed by atoms with E-state index in [-0.39, 0.29) is 12.5 Å². The fourth-order valence-corrected chi connectivity index (χ4v) is 4.18. The predicted octanol–water partition coefficient (Wildman–Crippen LogP) is -0.117. The smallest absolute Gasteiger partial charge is 0.325 e. The van der Waals surface area contributed by atoms with Crippen molar-refractivity contribution in [1.29, 1.82) is 0 Å². The first-order valence-electron chi connectivity index (χ1n) is 9.71. The molecule has 0 aliphatic carbocycles. The van der Waals surface area contributed by atoms with Gasteiger partial charge in [0.25, 0.3) is 5.91 Å². The summed E-state index contributed by atoms with van der Waals surface area (Å²) in [5, 5.41) is 15.3. The van der Waals surface area contributed by atoms with Crippen LogP contribution in [-0.2, 0) is 15.1 Å². The Morgan fingerprint density at radius 2 is 1.89 bits per heavy atom. The Hall–Kier alpha value is -2.48. The van der Waals surface area contributed by atoms with Crippen molar-refractivity contribution in [2.75, 3.05) is 39.4 Å². The molecule has 7 heteroatoms. The molecular formula is C21H26N3O4+. The molecule has 7 nitrogen and oxygen atoms in total. The van der Waals surface area contributed by atoms with Crippen molar-refractivity contribution < 1.29 is 24.3 Å². The first-order valence-corrected chi connectivity index (χ1v) is 9.71. The maximum absolute atomic E-state index is 13.2. The molecule has 0 unspecified atom stereocenters. The Balaban J connectivity index is 1.54. The number of hydrogen-bond donors (Lipinski definition) is 3. The summed E-state index contributed by atoms with van der Waals surface area (Å²) in [7, 11) is 0. The quantitative estimate of drug-likeness (QED) is 0.628. The van der Waals surface area contributed by atoms with Gasteiger partial charge in [-0.15, -0.1) is 0 Å². The SMILES string of the molecule is C[C@@]1(c2cccc3ccccc23)NC(=O)N(C[C@H](O)C[NH+]2CCOCC2)C1=O. The van der Waals surface area contributed by atoms with Crippen LogP contribution in [0.5, 0.6) is 0 Å². The van der Waals surface area contributed by atoms with Gasteiger partial charge in [-0.05, 0) is 23.3 Å². The lowest BCUT2D eigenvalue weighted by Crippen LogP contribution is -3.15. The molecule has 2 aliphatic heterocycles. The van der Waals surface area contributed by atoms with Crippen LogP contribution in [-0.4, -0.2) is 67.4 Å². The summed E-state index contributed by atoms with van der Waals surface area (Å²) in [4.78, 5) is 28.2. The average molecular weight is 384 g/mol. The Bertz CT molecular complexity index is 891. The Labute approximate surface area is 163 Å². The van der Waals surface area contributed by atoms with Gasteiger partial charge in [0.1, 0.15) is 31.3 Å². The number of urea groups is 1. The standard InChI is InChI=1S/C21H25N3O4/c1-21(18-8-4-6-15-5-2-3-7-17(15)18)19(26)24(20(27)22-21)14-16(25)13-23-9-11-28-12-10-23/h2-8,16,25H,9-14H2,1H3,(H,22,27)/p+1/t16-,21+/m1/s1. The van der Waals surface area contributed by atoms with Crippen LogP contribution in [0.4, 0.5) is 4.79 Å². The van der Waals surface area contributed by atoms with Crippen molar-refractivity contribution in [2.24, 2.45) is 0 Å². The first-order chi connectivity index (χ1) is 13.5. The third-order valence-corrected chi connectivity index (χ3v) is 5.72. The Morgan fingerprint density at radius 3 is 2.68 bits per heavy atom. The average Bonchev–Trinajstić information content (AvgIpc) is 2.92. The molecule has 4 rings (SSSR count). The van der Waals surface area contributed by atoms with E-state index in [4.69, 9.17) is 4.74 Å². The molecule has 0 radical (unpaired) electrons. The van der Waals surface area contributed by atoms with Gasteiger partial charge in [0, 0.05) is 0 Å². The maximum Gasteiger partial charge on any atom is 0.325 e. The largest absolute Gasteiger partial charge is 0.385 e. The van der Waals surface area contributed by atoms with E-state index >= 15 is 0 Å². The molecule has 28 heavy (non-hydrogen) atoms. The lowest BCUT2D eigenvalue weighted by atomic mass is 9.88. The number of quaternary nitrogens is 1. The van der Waals surface area contributed by atoms with Crippen molar-refractivity contribution >= 4 is 22.7 Å². The summed E-state index contributed by atoms with van der Waals surface area (Å²) >= 11 is 0. The van der Waals surface area contributed by atoms with Crippen molar-refractivity contribution in [1.82, 2.24) is 10.2 Å². The number of carbonyl (C=O) groups is 2. The molecular weight excluding hydrogens is 358 g/mol. The van der Waals surface area contributed by atoms with Crippen LogP contribution < -0.4 is 10.2 Å². The summed E-state index contributed by atoms with van der Waals surface area (Å²) in [6.07, 6.45) is -0.766. The number of β-amino-alcohol motifs (C(OH)–C–C–N with tert-alkyl or cyclic N) is 1. The van der Waals surface area contributed by atoms with E-state index in [1.54, 1.807) is 6.92 Å². The second-order valence-corrected chi connectivity index (χ2v) is 7.72. The maximum atomic E-state index is 13.2. The number of ether oxygens (including phenoxy) is 1. The van der Waals surface area contributed by atoms with Crippen molar-refractivity contribution in [2.45, 2.75) is 18.6 Å². The van der Waals surface area contributed by atoms with Gasteiger partial charge in [0.15, 0.2) is 0 Å². The van der Waals surface area contributed by atoms with E-state index in [0.29, 0.717) is 19.8 Å². The molecule has 2 aliphatic rings. The normalized spacial score (nSPS) is 24.6. The molecule has 2 heterocycles. The van der Waals surface area contributed by atoms with Crippen LogP contribution in [0.3, 0.4) is 0 Å². The number of benzene rings is 2. The third kappa shape index (κ3) is 3.37. The summed E-state index contributed by atoms with van der Waals surface area (Å²) in [6.45, 7) is 5.21. The van der Waals surface area contributed by atoms with Gasteiger partial charge < -0.3 is 20.1 Å². The van der Waals surface area contributed by atoms with E-state index in [9.17, 15) is 14.7 Å². The highest BCUT2D eigenvalue weighted by molar-refractivity contribution is 6.09. The van der Waals surface area contributed by atoms with Gasteiger partial charge in [-0.25, -0.2) is 4.79 Å². The first kappa shape index (κ1) is 18.9. The Morgan fingerprint density at radius 1 is 1.18 bits per heavy atom. The van der Waals surface area contributed by atoms with Gasteiger partial charge in [0.2, 0.25) is 0 Å². The summed E-state index contributed by atoms with van der Waals surface area (Å²) in [6, 6.07) is 13.1. The number of morpholine rings is 1. The van der Waals surface area contributed by atoms with E-state index in [1.165, 1.54) is 4.90 Å². The number of nitrogens with one attached hydrogen (secondary N) is 2. The Kier molecular flexibility index (Phi) is 5.05. The molecule has 3 N–H and O–H groups in total. The minimum absolute atomic E-state index is 0.00458. The zero-order chi connectivity index (χ0) is 19.7. The van der Waals surface area contributed by atoms with Crippen LogP contribution in [0.1, 0.15) is 12.5 Å². The number of aliphatic hydroxyl groups is 1.